The summed E-state index contributed by atoms with van der Waals surface area (Å²) in [5.74, 6) is 1.48. The van der Waals surface area contributed by atoms with Gasteiger partial charge in [0.15, 0.2) is 0 Å². The lowest BCUT2D eigenvalue weighted by Gasteiger charge is -2.40. The first-order valence-corrected chi connectivity index (χ1v) is 15.5. The van der Waals surface area contributed by atoms with Crippen molar-refractivity contribution >= 4 is 40.1 Å². The fourth-order valence-electron chi connectivity index (χ4n) is 6.02. The van der Waals surface area contributed by atoms with Gasteiger partial charge in [-0.05, 0) is 63.8 Å². The average molecular weight is 618 g/mol. The number of H-pyrrole nitrogens is 1. The summed E-state index contributed by atoms with van der Waals surface area (Å²) in [7, 11) is 0. The van der Waals surface area contributed by atoms with Gasteiger partial charge in [-0.15, -0.1) is 0 Å². The fourth-order valence-corrected chi connectivity index (χ4v) is 6.32. The molecule has 2 aliphatic heterocycles. The number of aromatic nitrogens is 4. The number of carbonyl (C=O) groups is 1. The number of nitrogens with zero attached hydrogens (tertiary/aromatic N) is 5. The number of aromatic amines is 1. The number of aryl methyl sites for hydroxylation is 2. The number of hydrogen-bond acceptors (Lipinski definition) is 8. The van der Waals surface area contributed by atoms with Crippen molar-refractivity contribution < 1.29 is 14.3 Å². The zero-order valence-corrected chi connectivity index (χ0v) is 27.2. The molecular formula is C33H40ClN7O3. The van der Waals surface area contributed by atoms with E-state index in [9.17, 15) is 4.79 Å². The molecule has 2 N–H and O–H groups in total. The molecule has 44 heavy (non-hydrogen) atoms. The standard InChI is InChI=1S/C33H40ClN7O3/c1-18(2)27-28(20(4)10-11-35-27)37-31-23-16-40-12-13-41(32(42)44-33(5,6)7)15-21(40)17-43-30(23)26(34)29(38-31)25-19(3)8-9-24-22(25)14-36-39-24/h8-11,14,18,21H,12-13,15-17H2,1-7H3,(H,36,39)(H,37,38)/t21-/m1/s1. The molecule has 6 rings (SSSR count). The third-order valence-electron chi connectivity index (χ3n) is 8.28. The van der Waals surface area contributed by atoms with E-state index in [-0.39, 0.29) is 18.1 Å². The molecule has 1 atom stereocenters. The maximum atomic E-state index is 12.9. The van der Waals surface area contributed by atoms with Crippen LogP contribution in [0.15, 0.2) is 30.6 Å². The van der Waals surface area contributed by atoms with Gasteiger partial charge < -0.3 is 19.7 Å². The Morgan fingerprint density at radius 1 is 1.18 bits per heavy atom. The number of amides is 1. The zero-order chi connectivity index (χ0) is 31.3. The lowest BCUT2D eigenvalue weighted by Crippen LogP contribution is -2.56. The Morgan fingerprint density at radius 3 is 2.73 bits per heavy atom. The number of nitrogens with one attached hydrogen (secondary N) is 2. The highest BCUT2D eigenvalue weighted by atomic mass is 35.5. The maximum absolute atomic E-state index is 12.9. The predicted molar refractivity (Wildman–Crippen MR) is 173 cm³/mol. The number of hydrogen-bond donors (Lipinski definition) is 2. The number of piperazine rings is 1. The quantitative estimate of drug-likeness (QED) is 0.253. The van der Waals surface area contributed by atoms with Gasteiger partial charge >= 0.3 is 6.09 Å². The SMILES string of the molecule is Cc1ccnc(C(C)C)c1Nc1nc(-c2c(C)ccc3[nH]ncc23)c(Cl)c2c1CN1CCN(C(=O)OC(C)(C)C)C[C@@H]1CO2. The Bertz CT molecular complexity index is 1730. The Kier molecular flexibility index (Phi) is 7.92. The maximum Gasteiger partial charge on any atom is 0.410 e. The predicted octanol–water partition coefficient (Wildman–Crippen LogP) is 6.97. The highest BCUT2D eigenvalue weighted by Gasteiger charge is 2.37. The van der Waals surface area contributed by atoms with Gasteiger partial charge in [-0.3, -0.25) is 15.0 Å². The smallest absolute Gasteiger partial charge is 0.410 e. The van der Waals surface area contributed by atoms with E-state index >= 15 is 0 Å². The molecule has 0 saturated carbocycles. The second-order valence-electron chi connectivity index (χ2n) is 13.0. The van der Waals surface area contributed by atoms with E-state index in [1.54, 1.807) is 4.90 Å². The van der Waals surface area contributed by atoms with Crippen molar-refractivity contribution in [3.05, 3.63) is 58.0 Å². The first-order chi connectivity index (χ1) is 20.9. The molecular weight excluding hydrogens is 578 g/mol. The molecule has 1 amide bonds. The molecule has 2 aliphatic rings. The van der Waals surface area contributed by atoms with E-state index in [0.717, 1.165) is 44.5 Å². The van der Waals surface area contributed by atoms with E-state index < -0.39 is 5.60 Å². The van der Waals surface area contributed by atoms with Crippen molar-refractivity contribution in [2.45, 2.75) is 72.6 Å². The first-order valence-electron chi connectivity index (χ1n) is 15.1. The number of anilines is 2. The average Bonchev–Trinajstić information content (AvgIpc) is 3.34. The van der Waals surface area contributed by atoms with Crippen molar-refractivity contribution in [3.63, 3.8) is 0 Å². The Morgan fingerprint density at radius 2 is 1.98 bits per heavy atom. The van der Waals surface area contributed by atoms with Crippen LogP contribution in [0, 0.1) is 13.8 Å². The van der Waals surface area contributed by atoms with Crippen LogP contribution < -0.4 is 10.1 Å². The van der Waals surface area contributed by atoms with E-state index in [1.165, 1.54) is 0 Å². The molecule has 3 aromatic heterocycles. The van der Waals surface area contributed by atoms with E-state index in [4.69, 9.17) is 31.0 Å². The Hall–Kier alpha value is -3.89. The molecule has 0 bridgehead atoms. The van der Waals surface area contributed by atoms with Crippen LogP contribution in [-0.4, -0.2) is 73.9 Å². The molecule has 0 radical (unpaired) electrons. The summed E-state index contributed by atoms with van der Waals surface area (Å²) < 4.78 is 12.3. The van der Waals surface area contributed by atoms with Crippen LogP contribution in [0.25, 0.3) is 22.2 Å². The number of carbonyl (C=O) groups excluding carboxylic acids is 1. The summed E-state index contributed by atoms with van der Waals surface area (Å²) in [6, 6.07) is 6.02. The van der Waals surface area contributed by atoms with Crippen LogP contribution in [0.4, 0.5) is 16.3 Å². The molecule has 10 nitrogen and oxygen atoms in total. The topological polar surface area (TPSA) is 108 Å². The minimum absolute atomic E-state index is 0.0403. The highest BCUT2D eigenvalue weighted by molar-refractivity contribution is 6.35. The van der Waals surface area contributed by atoms with Crippen LogP contribution in [0.2, 0.25) is 5.02 Å². The third kappa shape index (κ3) is 5.68. The molecule has 0 spiro atoms. The monoisotopic (exact) mass is 617 g/mol. The van der Waals surface area contributed by atoms with Crippen molar-refractivity contribution in [2.75, 3.05) is 31.6 Å². The third-order valence-corrected chi connectivity index (χ3v) is 8.63. The molecule has 4 aromatic rings. The van der Waals surface area contributed by atoms with Crippen LogP contribution in [0.3, 0.4) is 0 Å². The molecule has 0 unspecified atom stereocenters. The van der Waals surface area contributed by atoms with Gasteiger partial charge in [0.05, 0.1) is 40.4 Å². The summed E-state index contributed by atoms with van der Waals surface area (Å²) in [5.41, 5.74) is 6.74. The van der Waals surface area contributed by atoms with Crippen molar-refractivity contribution in [3.8, 4) is 17.0 Å². The number of rotatable bonds is 4. The van der Waals surface area contributed by atoms with Gasteiger partial charge in [0.1, 0.15) is 28.8 Å². The van der Waals surface area contributed by atoms with Gasteiger partial charge in [-0.25, -0.2) is 9.78 Å². The molecule has 1 aromatic carbocycles. The van der Waals surface area contributed by atoms with Crippen LogP contribution in [0.1, 0.15) is 62.9 Å². The molecule has 11 heteroatoms. The van der Waals surface area contributed by atoms with Crippen molar-refractivity contribution in [1.29, 1.82) is 0 Å². The van der Waals surface area contributed by atoms with E-state index in [2.05, 4.69) is 41.2 Å². The van der Waals surface area contributed by atoms with Gasteiger partial charge in [0.25, 0.3) is 0 Å². The normalized spacial score (nSPS) is 17.2. The lowest BCUT2D eigenvalue weighted by atomic mass is 9.99. The van der Waals surface area contributed by atoms with E-state index in [1.807, 2.05) is 58.3 Å². The zero-order valence-electron chi connectivity index (χ0n) is 26.4. The van der Waals surface area contributed by atoms with E-state index in [0.29, 0.717) is 55.1 Å². The molecule has 0 aliphatic carbocycles. The Balaban J connectivity index is 1.46. The largest absolute Gasteiger partial charge is 0.490 e. The van der Waals surface area contributed by atoms with Gasteiger partial charge in [0.2, 0.25) is 0 Å². The minimum Gasteiger partial charge on any atom is -0.490 e. The minimum atomic E-state index is -0.560. The fraction of sp³-hybridized carbons (Fsp3) is 0.455. The highest BCUT2D eigenvalue weighted by Crippen LogP contribution is 2.46. The molecule has 1 fully saturated rings. The summed E-state index contributed by atoms with van der Waals surface area (Å²) in [4.78, 5) is 27.0. The summed E-state index contributed by atoms with van der Waals surface area (Å²) >= 11 is 7.25. The first kappa shape index (κ1) is 30.1. The summed E-state index contributed by atoms with van der Waals surface area (Å²) in [6.45, 7) is 16.7. The van der Waals surface area contributed by atoms with Gasteiger partial charge in [0, 0.05) is 43.3 Å². The summed E-state index contributed by atoms with van der Waals surface area (Å²) in [6.07, 6.45) is 3.35. The van der Waals surface area contributed by atoms with Crippen LogP contribution >= 0.6 is 11.6 Å². The number of pyridine rings is 2. The number of ether oxygens (including phenoxy) is 2. The van der Waals surface area contributed by atoms with Gasteiger partial charge in [-0.2, -0.15) is 5.10 Å². The number of benzene rings is 1. The molecule has 1 saturated heterocycles. The lowest BCUT2D eigenvalue weighted by molar-refractivity contribution is -0.00153. The molecule has 5 heterocycles. The van der Waals surface area contributed by atoms with Crippen molar-refractivity contribution in [2.24, 2.45) is 0 Å². The van der Waals surface area contributed by atoms with Crippen molar-refractivity contribution in [1.82, 2.24) is 30.0 Å². The Labute approximate surface area is 263 Å². The van der Waals surface area contributed by atoms with Crippen LogP contribution in [0.5, 0.6) is 5.75 Å². The number of halogens is 1. The van der Waals surface area contributed by atoms with Gasteiger partial charge in [-0.1, -0.05) is 31.5 Å². The second kappa shape index (κ2) is 11.6. The summed E-state index contributed by atoms with van der Waals surface area (Å²) in [5, 5.41) is 12.4. The molecule has 232 valence electrons. The second-order valence-corrected chi connectivity index (χ2v) is 13.4. The van der Waals surface area contributed by atoms with Crippen LogP contribution in [-0.2, 0) is 11.3 Å². The number of fused-ring (bicyclic) bond motifs is 3.